The van der Waals surface area contributed by atoms with Crippen LogP contribution in [-0.2, 0) is 9.47 Å². The van der Waals surface area contributed by atoms with Gasteiger partial charge in [0, 0.05) is 52.1 Å². The molecule has 1 aliphatic heterocycles. The maximum atomic E-state index is 5.46. The van der Waals surface area contributed by atoms with Crippen LogP contribution >= 0.6 is 0 Å². The van der Waals surface area contributed by atoms with Gasteiger partial charge in [0.1, 0.15) is 0 Å². The zero-order chi connectivity index (χ0) is 17.9. The van der Waals surface area contributed by atoms with Gasteiger partial charge in [0.05, 0.1) is 13.2 Å². The number of rotatable bonds is 9. The molecule has 6 nitrogen and oxygen atoms in total. The molecule has 1 aromatic rings. The standard InChI is InChI=1S/C19H32N4O2/c1-16-5-7-18(8-6-16)23-11-9-17(15-23)22-19(20-2)21-10-4-12-25-14-13-24-3/h5-8,17H,4,9-15H2,1-3H3,(H2,20,21,22). The van der Waals surface area contributed by atoms with Crippen molar-refractivity contribution in [1.29, 1.82) is 0 Å². The van der Waals surface area contributed by atoms with Gasteiger partial charge < -0.3 is 25.0 Å². The van der Waals surface area contributed by atoms with E-state index in [1.54, 1.807) is 7.11 Å². The van der Waals surface area contributed by atoms with Crippen LogP contribution in [0.15, 0.2) is 29.3 Å². The van der Waals surface area contributed by atoms with Crippen molar-refractivity contribution in [3.8, 4) is 0 Å². The van der Waals surface area contributed by atoms with Gasteiger partial charge in [-0.05, 0) is 31.9 Å². The van der Waals surface area contributed by atoms with E-state index < -0.39 is 0 Å². The van der Waals surface area contributed by atoms with Crippen LogP contribution in [0, 0.1) is 6.92 Å². The summed E-state index contributed by atoms with van der Waals surface area (Å²) in [5.41, 5.74) is 2.60. The Labute approximate surface area is 151 Å². The molecule has 0 amide bonds. The first-order chi connectivity index (χ1) is 12.2. The van der Waals surface area contributed by atoms with E-state index in [0.29, 0.717) is 19.3 Å². The first-order valence-electron chi connectivity index (χ1n) is 9.08. The lowest BCUT2D eigenvalue weighted by molar-refractivity contribution is 0.0698. The maximum Gasteiger partial charge on any atom is 0.191 e. The van der Waals surface area contributed by atoms with E-state index in [4.69, 9.17) is 9.47 Å². The van der Waals surface area contributed by atoms with E-state index in [2.05, 4.69) is 51.7 Å². The topological polar surface area (TPSA) is 58.1 Å². The third-order valence-electron chi connectivity index (χ3n) is 4.34. The molecule has 6 heteroatoms. The van der Waals surface area contributed by atoms with Crippen molar-refractivity contribution >= 4 is 11.6 Å². The predicted molar refractivity (Wildman–Crippen MR) is 104 cm³/mol. The van der Waals surface area contributed by atoms with Crippen LogP contribution < -0.4 is 15.5 Å². The molecule has 1 aromatic carbocycles. The van der Waals surface area contributed by atoms with E-state index >= 15 is 0 Å². The molecule has 1 aliphatic rings. The molecular weight excluding hydrogens is 316 g/mol. The molecular formula is C19H32N4O2. The molecule has 1 atom stereocenters. The van der Waals surface area contributed by atoms with E-state index in [-0.39, 0.29) is 0 Å². The van der Waals surface area contributed by atoms with Gasteiger partial charge in [-0.2, -0.15) is 0 Å². The highest BCUT2D eigenvalue weighted by Crippen LogP contribution is 2.20. The monoisotopic (exact) mass is 348 g/mol. The van der Waals surface area contributed by atoms with Gasteiger partial charge in [-0.3, -0.25) is 4.99 Å². The Hall–Kier alpha value is -1.79. The first-order valence-corrected chi connectivity index (χ1v) is 9.08. The lowest BCUT2D eigenvalue weighted by Gasteiger charge is -2.20. The molecule has 1 unspecified atom stereocenters. The SMILES string of the molecule is CN=C(NCCCOCCOC)NC1CCN(c2ccc(C)cc2)C1. The fourth-order valence-corrected chi connectivity index (χ4v) is 2.88. The van der Waals surface area contributed by atoms with Crippen LogP contribution in [0.5, 0.6) is 0 Å². The largest absolute Gasteiger partial charge is 0.382 e. The van der Waals surface area contributed by atoms with E-state index in [0.717, 1.165) is 45.0 Å². The summed E-state index contributed by atoms with van der Waals surface area (Å²) in [6.45, 7) is 7.08. The van der Waals surface area contributed by atoms with Crippen LogP contribution in [0.3, 0.4) is 0 Å². The second-order valence-electron chi connectivity index (χ2n) is 6.37. The number of ether oxygens (including phenoxy) is 2. The van der Waals surface area contributed by atoms with Gasteiger partial charge in [-0.1, -0.05) is 17.7 Å². The van der Waals surface area contributed by atoms with Crippen LogP contribution in [-0.4, -0.2) is 65.6 Å². The van der Waals surface area contributed by atoms with Gasteiger partial charge in [-0.15, -0.1) is 0 Å². The Morgan fingerprint density at radius 3 is 2.76 bits per heavy atom. The Bertz CT molecular complexity index is 519. The fraction of sp³-hybridized carbons (Fsp3) is 0.632. The van der Waals surface area contributed by atoms with Gasteiger partial charge in [-0.25, -0.2) is 0 Å². The van der Waals surface area contributed by atoms with Crippen molar-refractivity contribution in [2.24, 2.45) is 4.99 Å². The number of aliphatic imine (C=N–C) groups is 1. The molecule has 0 bridgehead atoms. The van der Waals surface area contributed by atoms with Crippen LogP contribution in [0.25, 0.3) is 0 Å². The normalized spacial score (nSPS) is 17.8. The van der Waals surface area contributed by atoms with Crippen LogP contribution in [0.4, 0.5) is 5.69 Å². The molecule has 0 aliphatic carbocycles. The van der Waals surface area contributed by atoms with Crippen molar-refractivity contribution in [3.05, 3.63) is 29.8 Å². The molecule has 25 heavy (non-hydrogen) atoms. The zero-order valence-corrected chi connectivity index (χ0v) is 15.8. The number of methoxy groups -OCH3 is 1. The third kappa shape index (κ3) is 6.92. The summed E-state index contributed by atoms with van der Waals surface area (Å²) >= 11 is 0. The van der Waals surface area contributed by atoms with E-state index in [1.165, 1.54) is 11.3 Å². The van der Waals surface area contributed by atoms with Crippen molar-refractivity contribution in [3.63, 3.8) is 0 Å². The highest BCUT2D eigenvalue weighted by Gasteiger charge is 2.23. The summed E-state index contributed by atoms with van der Waals surface area (Å²) < 4.78 is 10.4. The molecule has 0 saturated carbocycles. The number of aryl methyl sites for hydroxylation is 1. The summed E-state index contributed by atoms with van der Waals surface area (Å²) in [6.07, 6.45) is 2.07. The minimum Gasteiger partial charge on any atom is -0.382 e. The summed E-state index contributed by atoms with van der Waals surface area (Å²) in [6, 6.07) is 9.17. The molecule has 0 aromatic heterocycles. The molecule has 2 rings (SSSR count). The zero-order valence-electron chi connectivity index (χ0n) is 15.8. The quantitative estimate of drug-likeness (QED) is 0.405. The number of guanidine groups is 1. The van der Waals surface area contributed by atoms with Gasteiger partial charge >= 0.3 is 0 Å². The van der Waals surface area contributed by atoms with Crippen molar-refractivity contribution in [2.45, 2.75) is 25.8 Å². The smallest absolute Gasteiger partial charge is 0.191 e. The molecule has 1 saturated heterocycles. The van der Waals surface area contributed by atoms with Gasteiger partial charge in [0.25, 0.3) is 0 Å². The second-order valence-corrected chi connectivity index (χ2v) is 6.37. The number of nitrogens with zero attached hydrogens (tertiary/aromatic N) is 2. The molecule has 1 fully saturated rings. The number of nitrogens with one attached hydrogen (secondary N) is 2. The Kier molecular flexibility index (Phi) is 8.55. The Balaban J connectivity index is 1.65. The molecule has 0 radical (unpaired) electrons. The molecule has 1 heterocycles. The number of anilines is 1. The minimum absolute atomic E-state index is 0.422. The second kappa shape index (κ2) is 10.9. The summed E-state index contributed by atoms with van der Waals surface area (Å²) in [4.78, 5) is 6.75. The van der Waals surface area contributed by atoms with Crippen LogP contribution in [0.1, 0.15) is 18.4 Å². The fourth-order valence-electron chi connectivity index (χ4n) is 2.88. The number of hydrogen-bond acceptors (Lipinski definition) is 4. The van der Waals surface area contributed by atoms with Crippen molar-refractivity contribution in [2.75, 3.05) is 58.5 Å². The van der Waals surface area contributed by atoms with Crippen molar-refractivity contribution in [1.82, 2.24) is 10.6 Å². The Morgan fingerprint density at radius 2 is 2.04 bits per heavy atom. The average Bonchev–Trinajstić information content (AvgIpc) is 3.09. The summed E-state index contributed by atoms with van der Waals surface area (Å²) in [7, 11) is 3.50. The van der Waals surface area contributed by atoms with Gasteiger partial charge in [0.2, 0.25) is 0 Å². The molecule has 2 N–H and O–H groups in total. The predicted octanol–water partition coefficient (Wildman–Crippen LogP) is 1.79. The number of hydrogen-bond donors (Lipinski definition) is 2. The van der Waals surface area contributed by atoms with E-state index in [1.807, 2.05) is 7.05 Å². The summed E-state index contributed by atoms with van der Waals surface area (Å²) in [5.74, 6) is 0.868. The average molecular weight is 348 g/mol. The highest BCUT2D eigenvalue weighted by atomic mass is 16.5. The van der Waals surface area contributed by atoms with Crippen molar-refractivity contribution < 1.29 is 9.47 Å². The minimum atomic E-state index is 0.422. The Morgan fingerprint density at radius 1 is 1.24 bits per heavy atom. The maximum absolute atomic E-state index is 5.46. The highest BCUT2D eigenvalue weighted by molar-refractivity contribution is 5.80. The lowest BCUT2D eigenvalue weighted by Crippen LogP contribution is -2.45. The first kappa shape index (κ1) is 19.5. The number of benzene rings is 1. The third-order valence-corrected chi connectivity index (χ3v) is 4.34. The molecule has 140 valence electrons. The summed E-state index contributed by atoms with van der Waals surface area (Å²) in [5, 5.41) is 6.88. The van der Waals surface area contributed by atoms with Crippen LogP contribution in [0.2, 0.25) is 0 Å². The lowest BCUT2D eigenvalue weighted by atomic mass is 10.2. The van der Waals surface area contributed by atoms with Gasteiger partial charge in [0.15, 0.2) is 5.96 Å². The molecule has 0 spiro atoms. The van der Waals surface area contributed by atoms with E-state index in [9.17, 15) is 0 Å².